The lowest BCUT2D eigenvalue weighted by molar-refractivity contribution is 0.136. The van der Waals surface area contributed by atoms with Crippen molar-refractivity contribution in [2.45, 2.75) is 43.6 Å². The third-order valence-corrected chi connectivity index (χ3v) is 4.45. The molecule has 1 aromatic carbocycles. The predicted molar refractivity (Wildman–Crippen MR) is 69.9 cm³/mol. The summed E-state index contributed by atoms with van der Waals surface area (Å²) in [5.41, 5.74) is 1.29. The van der Waals surface area contributed by atoms with Crippen LogP contribution in [0.2, 0.25) is 0 Å². The molecular formula is C14H20OS. The van der Waals surface area contributed by atoms with Gasteiger partial charge in [-0.2, -0.15) is 0 Å². The van der Waals surface area contributed by atoms with Crippen molar-refractivity contribution in [1.82, 2.24) is 0 Å². The molecule has 0 aromatic heterocycles. The van der Waals surface area contributed by atoms with Gasteiger partial charge < -0.3 is 5.11 Å². The second-order valence-corrected chi connectivity index (χ2v) is 5.90. The highest BCUT2D eigenvalue weighted by atomic mass is 32.2. The summed E-state index contributed by atoms with van der Waals surface area (Å²) in [6.07, 6.45) is 4.89. The second kappa shape index (κ2) is 5.74. The lowest BCUT2D eigenvalue weighted by Gasteiger charge is -2.27. The number of benzene rings is 1. The van der Waals surface area contributed by atoms with Crippen LogP contribution in [0, 0.1) is 12.8 Å². The summed E-state index contributed by atoms with van der Waals surface area (Å²) < 4.78 is 0. The molecular weight excluding hydrogens is 216 g/mol. The molecule has 0 radical (unpaired) electrons. The van der Waals surface area contributed by atoms with Crippen molar-refractivity contribution in [3.8, 4) is 0 Å². The molecule has 0 bridgehead atoms. The molecule has 0 heterocycles. The van der Waals surface area contributed by atoms with Gasteiger partial charge in [-0.05, 0) is 31.4 Å². The number of aliphatic hydroxyl groups excluding tert-OH is 1. The molecule has 0 saturated heterocycles. The number of aryl methyl sites for hydroxylation is 1. The topological polar surface area (TPSA) is 20.2 Å². The van der Waals surface area contributed by atoms with Crippen LogP contribution in [-0.4, -0.2) is 17.0 Å². The highest BCUT2D eigenvalue weighted by Crippen LogP contribution is 2.31. The highest BCUT2D eigenvalue weighted by Gasteiger charge is 2.20. The van der Waals surface area contributed by atoms with Gasteiger partial charge in [-0.25, -0.2) is 0 Å². The van der Waals surface area contributed by atoms with E-state index in [4.69, 9.17) is 0 Å². The third-order valence-electron chi connectivity index (χ3n) is 3.29. The predicted octanol–water partition coefficient (Wildman–Crippen LogP) is 3.64. The fourth-order valence-corrected chi connectivity index (χ4v) is 2.86. The zero-order valence-electron chi connectivity index (χ0n) is 9.86. The first-order valence-electron chi connectivity index (χ1n) is 6.11. The van der Waals surface area contributed by atoms with E-state index in [9.17, 15) is 5.11 Å². The Morgan fingerprint density at radius 3 is 2.56 bits per heavy atom. The smallest absolute Gasteiger partial charge is 0.0636 e. The Hall–Kier alpha value is -0.470. The summed E-state index contributed by atoms with van der Waals surface area (Å²) in [7, 11) is 0. The number of rotatable bonds is 5. The van der Waals surface area contributed by atoms with Gasteiger partial charge in [0.15, 0.2) is 0 Å². The van der Waals surface area contributed by atoms with Crippen LogP contribution in [0.15, 0.2) is 29.2 Å². The Balaban J connectivity index is 1.71. The van der Waals surface area contributed by atoms with Gasteiger partial charge in [0, 0.05) is 10.6 Å². The summed E-state index contributed by atoms with van der Waals surface area (Å²) >= 11 is 1.76. The maximum Gasteiger partial charge on any atom is 0.0636 e. The van der Waals surface area contributed by atoms with Crippen molar-refractivity contribution in [3.63, 3.8) is 0 Å². The number of thioether (sulfide) groups is 1. The summed E-state index contributed by atoms with van der Waals surface area (Å²) in [6.45, 7) is 2.10. The molecule has 1 aliphatic carbocycles. The summed E-state index contributed by atoms with van der Waals surface area (Å²) in [4.78, 5) is 1.26. The van der Waals surface area contributed by atoms with Crippen LogP contribution in [0.5, 0.6) is 0 Å². The average Bonchev–Trinajstić information content (AvgIpc) is 2.23. The van der Waals surface area contributed by atoms with E-state index in [1.54, 1.807) is 11.8 Å². The largest absolute Gasteiger partial charge is 0.392 e. The first kappa shape index (κ1) is 12.0. The summed E-state index contributed by atoms with van der Waals surface area (Å²) in [5.74, 6) is 1.63. The minimum atomic E-state index is -0.128. The lowest BCUT2D eigenvalue weighted by Crippen LogP contribution is -2.20. The van der Waals surface area contributed by atoms with Crippen molar-refractivity contribution in [3.05, 3.63) is 29.8 Å². The van der Waals surface area contributed by atoms with Gasteiger partial charge in [0.05, 0.1) is 6.10 Å². The Morgan fingerprint density at radius 2 is 2.00 bits per heavy atom. The highest BCUT2D eigenvalue weighted by molar-refractivity contribution is 7.99. The number of hydrogen-bond donors (Lipinski definition) is 1. The van der Waals surface area contributed by atoms with Gasteiger partial charge >= 0.3 is 0 Å². The molecule has 1 N–H and O–H groups in total. The van der Waals surface area contributed by atoms with Crippen LogP contribution < -0.4 is 0 Å². The van der Waals surface area contributed by atoms with Gasteiger partial charge in [0.2, 0.25) is 0 Å². The van der Waals surface area contributed by atoms with E-state index < -0.39 is 0 Å². The van der Waals surface area contributed by atoms with Crippen LogP contribution in [0.1, 0.15) is 31.2 Å². The van der Waals surface area contributed by atoms with Crippen LogP contribution in [-0.2, 0) is 0 Å². The molecule has 0 spiro atoms. The standard InChI is InChI=1S/C14H20OS/c1-11-5-7-14(8-6-11)16-10-13(15)9-12-3-2-4-12/h5-8,12-13,15H,2-4,9-10H2,1H3. The molecule has 1 saturated carbocycles. The van der Waals surface area contributed by atoms with Gasteiger partial charge in [-0.3, -0.25) is 0 Å². The van der Waals surface area contributed by atoms with E-state index in [0.717, 1.165) is 18.1 Å². The average molecular weight is 236 g/mol. The van der Waals surface area contributed by atoms with Crippen molar-refractivity contribution in [2.75, 3.05) is 5.75 Å². The monoisotopic (exact) mass is 236 g/mol. The van der Waals surface area contributed by atoms with Crippen LogP contribution >= 0.6 is 11.8 Å². The molecule has 1 unspecified atom stereocenters. The Bertz CT molecular complexity index is 316. The van der Waals surface area contributed by atoms with Crippen LogP contribution in [0.4, 0.5) is 0 Å². The lowest BCUT2D eigenvalue weighted by atomic mass is 9.82. The second-order valence-electron chi connectivity index (χ2n) is 4.81. The molecule has 1 atom stereocenters. The first-order valence-corrected chi connectivity index (χ1v) is 7.10. The third kappa shape index (κ3) is 3.53. The normalized spacial score (nSPS) is 18.1. The summed E-state index contributed by atoms with van der Waals surface area (Å²) in [6, 6.07) is 8.52. The van der Waals surface area contributed by atoms with Crippen LogP contribution in [0.25, 0.3) is 0 Å². The Morgan fingerprint density at radius 1 is 1.31 bits per heavy atom. The Kier molecular flexibility index (Phi) is 4.30. The molecule has 0 amide bonds. The molecule has 2 rings (SSSR count). The zero-order valence-corrected chi connectivity index (χ0v) is 10.7. The fourth-order valence-electron chi connectivity index (χ4n) is 2.01. The minimum Gasteiger partial charge on any atom is -0.392 e. The maximum atomic E-state index is 9.88. The van der Waals surface area contributed by atoms with Crippen LogP contribution in [0.3, 0.4) is 0 Å². The van der Waals surface area contributed by atoms with Crippen molar-refractivity contribution in [1.29, 1.82) is 0 Å². The molecule has 88 valence electrons. The van der Waals surface area contributed by atoms with Gasteiger partial charge in [-0.15, -0.1) is 11.8 Å². The quantitative estimate of drug-likeness (QED) is 0.788. The van der Waals surface area contributed by atoms with E-state index >= 15 is 0 Å². The van der Waals surface area contributed by atoms with Crippen molar-refractivity contribution < 1.29 is 5.11 Å². The molecule has 1 nitrogen and oxygen atoms in total. The molecule has 2 heteroatoms. The minimum absolute atomic E-state index is 0.128. The summed E-state index contributed by atoms with van der Waals surface area (Å²) in [5, 5.41) is 9.88. The van der Waals surface area contributed by atoms with E-state index in [-0.39, 0.29) is 6.10 Å². The van der Waals surface area contributed by atoms with Gasteiger partial charge in [0.25, 0.3) is 0 Å². The molecule has 0 aliphatic heterocycles. The SMILES string of the molecule is Cc1ccc(SCC(O)CC2CCC2)cc1. The van der Waals surface area contributed by atoms with Crippen molar-refractivity contribution in [2.24, 2.45) is 5.92 Å². The van der Waals surface area contributed by atoms with E-state index in [2.05, 4.69) is 31.2 Å². The maximum absolute atomic E-state index is 9.88. The van der Waals surface area contributed by atoms with Crippen molar-refractivity contribution >= 4 is 11.8 Å². The number of aliphatic hydroxyl groups is 1. The molecule has 1 aromatic rings. The molecule has 1 fully saturated rings. The van der Waals surface area contributed by atoms with Gasteiger partial charge in [-0.1, -0.05) is 37.0 Å². The van der Waals surface area contributed by atoms with E-state index in [1.165, 1.54) is 29.7 Å². The molecule has 16 heavy (non-hydrogen) atoms. The van der Waals surface area contributed by atoms with E-state index in [0.29, 0.717) is 0 Å². The number of hydrogen-bond acceptors (Lipinski definition) is 2. The van der Waals surface area contributed by atoms with E-state index in [1.807, 2.05) is 0 Å². The van der Waals surface area contributed by atoms with Gasteiger partial charge in [0.1, 0.15) is 0 Å². The first-order chi connectivity index (χ1) is 7.74. The zero-order chi connectivity index (χ0) is 11.4. The molecule has 1 aliphatic rings. The fraction of sp³-hybridized carbons (Fsp3) is 0.571. The Labute approximate surface area is 102 Å².